The van der Waals surface area contributed by atoms with Gasteiger partial charge in [0, 0.05) is 11.8 Å². The Labute approximate surface area is 115 Å². The minimum absolute atomic E-state index is 0.393. The molecule has 0 aliphatic rings. The molecule has 6 heteroatoms. The van der Waals surface area contributed by atoms with Crippen LogP contribution in [0.25, 0.3) is 0 Å². The first-order valence-corrected chi connectivity index (χ1v) is 5.96. The van der Waals surface area contributed by atoms with Crippen LogP contribution >= 0.6 is 23.2 Å². The second-order valence-electron chi connectivity index (χ2n) is 3.60. The Morgan fingerprint density at radius 3 is 2.56 bits per heavy atom. The first-order chi connectivity index (χ1) is 8.58. The minimum Gasteiger partial charge on any atom is -0.495 e. The molecule has 0 saturated heterocycles. The summed E-state index contributed by atoms with van der Waals surface area (Å²) in [6, 6.07) is 7.02. The van der Waals surface area contributed by atoms with Gasteiger partial charge in [-0.1, -0.05) is 23.2 Å². The lowest BCUT2D eigenvalue weighted by molar-refractivity contribution is 0.415. The number of ether oxygens (including phenoxy) is 1. The van der Waals surface area contributed by atoms with E-state index in [0.29, 0.717) is 27.6 Å². The van der Waals surface area contributed by atoms with Gasteiger partial charge in [0.05, 0.1) is 12.1 Å². The summed E-state index contributed by atoms with van der Waals surface area (Å²) in [5.41, 5.74) is 0.801. The highest BCUT2D eigenvalue weighted by molar-refractivity contribution is 6.32. The van der Waals surface area contributed by atoms with Crippen LogP contribution in [0.5, 0.6) is 5.75 Å². The van der Waals surface area contributed by atoms with Gasteiger partial charge in [-0.2, -0.15) is 0 Å². The second-order valence-corrected chi connectivity index (χ2v) is 4.39. The van der Waals surface area contributed by atoms with E-state index in [1.807, 2.05) is 6.07 Å². The van der Waals surface area contributed by atoms with Gasteiger partial charge in [-0.3, -0.25) is 0 Å². The summed E-state index contributed by atoms with van der Waals surface area (Å²) >= 11 is 11.9. The van der Waals surface area contributed by atoms with E-state index in [1.54, 1.807) is 32.2 Å². The average Bonchev–Trinajstić information content (AvgIpc) is 2.27. The smallest absolute Gasteiger partial charge is 0.137 e. The molecule has 18 heavy (non-hydrogen) atoms. The largest absolute Gasteiger partial charge is 0.495 e. The number of hydrogen-bond donors (Lipinski definition) is 1. The summed E-state index contributed by atoms with van der Waals surface area (Å²) in [5.74, 6) is 1.84. The van der Waals surface area contributed by atoms with Crippen molar-refractivity contribution >= 4 is 34.7 Å². The molecule has 0 unspecified atom stereocenters. The van der Waals surface area contributed by atoms with Gasteiger partial charge >= 0.3 is 0 Å². The Morgan fingerprint density at radius 1 is 1.17 bits per heavy atom. The van der Waals surface area contributed by atoms with Crippen LogP contribution in [0.3, 0.4) is 0 Å². The maximum Gasteiger partial charge on any atom is 0.137 e. The van der Waals surface area contributed by atoms with Crippen LogP contribution in [0.4, 0.5) is 11.5 Å². The van der Waals surface area contributed by atoms with Crippen LogP contribution in [0.15, 0.2) is 24.3 Å². The quantitative estimate of drug-likeness (QED) is 0.870. The predicted molar refractivity (Wildman–Crippen MR) is 73.1 cm³/mol. The molecule has 0 atom stereocenters. The van der Waals surface area contributed by atoms with Crippen molar-refractivity contribution in [3.8, 4) is 5.75 Å². The van der Waals surface area contributed by atoms with E-state index >= 15 is 0 Å². The van der Waals surface area contributed by atoms with Crippen LogP contribution in [-0.4, -0.2) is 17.1 Å². The van der Waals surface area contributed by atoms with Crippen molar-refractivity contribution in [3.05, 3.63) is 40.3 Å². The zero-order chi connectivity index (χ0) is 13.1. The van der Waals surface area contributed by atoms with Crippen molar-refractivity contribution in [3.63, 3.8) is 0 Å². The fourth-order valence-corrected chi connectivity index (χ4v) is 1.97. The van der Waals surface area contributed by atoms with Gasteiger partial charge < -0.3 is 10.1 Å². The lowest BCUT2D eigenvalue weighted by Crippen LogP contribution is -1.97. The van der Waals surface area contributed by atoms with Crippen molar-refractivity contribution < 1.29 is 4.74 Å². The van der Waals surface area contributed by atoms with Crippen molar-refractivity contribution in [1.82, 2.24) is 9.97 Å². The number of anilines is 2. The third-order valence-corrected chi connectivity index (χ3v) is 2.72. The van der Waals surface area contributed by atoms with Crippen LogP contribution in [-0.2, 0) is 0 Å². The Hall–Kier alpha value is -1.52. The monoisotopic (exact) mass is 283 g/mol. The highest BCUT2D eigenvalue weighted by Gasteiger charge is 2.04. The van der Waals surface area contributed by atoms with E-state index in [1.165, 1.54) is 0 Å². The fourth-order valence-electron chi connectivity index (χ4n) is 1.49. The maximum absolute atomic E-state index is 6.03. The number of rotatable bonds is 3. The van der Waals surface area contributed by atoms with Crippen LogP contribution in [0, 0.1) is 6.92 Å². The number of benzene rings is 1. The number of aromatic nitrogens is 2. The third-order valence-electron chi connectivity index (χ3n) is 2.23. The van der Waals surface area contributed by atoms with Gasteiger partial charge in [0.15, 0.2) is 0 Å². The first-order valence-electron chi connectivity index (χ1n) is 5.20. The number of aryl methyl sites for hydroxylation is 1. The molecule has 0 fully saturated rings. The van der Waals surface area contributed by atoms with E-state index in [-0.39, 0.29) is 0 Å². The van der Waals surface area contributed by atoms with E-state index in [9.17, 15) is 0 Å². The van der Waals surface area contributed by atoms with Crippen molar-refractivity contribution in [1.29, 1.82) is 0 Å². The lowest BCUT2D eigenvalue weighted by atomic mass is 10.3. The second kappa shape index (κ2) is 5.42. The van der Waals surface area contributed by atoms with Crippen LogP contribution in [0.2, 0.25) is 10.2 Å². The Bertz CT molecular complexity index is 555. The molecule has 0 bridgehead atoms. The standard InChI is InChI=1S/C12H11Cl2N3O/c1-7-15-11(14)6-12(16-7)17-8-3-4-10(18-2)9(13)5-8/h3-6H,1-2H3,(H,15,16,17). The van der Waals surface area contributed by atoms with Gasteiger partial charge in [0.25, 0.3) is 0 Å². The van der Waals surface area contributed by atoms with Crippen LogP contribution in [0.1, 0.15) is 5.82 Å². The molecule has 1 aromatic carbocycles. The molecule has 2 aromatic rings. The summed E-state index contributed by atoms with van der Waals surface area (Å²) in [4.78, 5) is 8.21. The van der Waals surface area contributed by atoms with Crippen molar-refractivity contribution in [2.24, 2.45) is 0 Å². The Morgan fingerprint density at radius 2 is 1.94 bits per heavy atom. The molecule has 1 aromatic heterocycles. The summed E-state index contributed by atoms with van der Waals surface area (Å²) in [6.45, 7) is 1.78. The van der Waals surface area contributed by atoms with Gasteiger partial charge in [-0.25, -0.2) is 9.97 Å². The number of nitrogens with one attached hydrogen (secondary N) is 1. The first kappa shape index (κ1) is 12.9. The number of methoxy groups -OCH3 is 1. The molecule has 4 nitrogen and oxygen atoms in total. The van der Waals surface area contributed by atoms with Gasteiger partial charge in [0.2, 0.25) is 0 Å². The third kappa shape index (κ3) is 3.03. The molecule has 94 valence electrons. The summed E-state index contributed by atoms with van der Waals surface area (Å²) < 4.78 is 5.08. The summed E-state index contributed by atoms with van der Waals surface area (Å²) in [7, 11) is 1.57. The zero-order valence-corrected chi connectivity index (χ0v) is 11.4. The fraction of sp³-hybridized carbons (Fsp3) is 0.167. The molecule has 2 rings (SSSR count). The average molecular weight is 284 g/mol. The molecule has 0 amide bonds. The van der Waals surface area contributed by atoms with E-state index in [4.69, 9.17) is 27.9 Å². The van der Waals surface area contributed by atoms with Crippen molar-refractivity contribution in [2.45, 2.75) is 6.92 Å². The highest BCUT2D eigenvalue weighted by atomic mass is 35.5. The van der Waals surface area contributed by atoms with Gasteiger partial charge in [0.1, 0.15) is 22.5 Å². The minimum atomic E-state index is 0.393. The summed E-state index contributed by atoms with van der Waals surface area (Å²) in [5, 5.41) is 4.02. The highest BCUT2D eigenvalue weighted by Crippen LogP contribution is 2.28. The van der Waals surface area contributed by atoms with Crippen molar-refractivity contribution in [2.75, 3.05) is 12.4 Å². The molecular weight excluding hydrogens is 273 g/mol. The van der Waals surface area contributed by atoms with E-state index in [2.05, 4.69) is 15.3 Å². The van der Waals surface area contributed by atoms with Crippen LogP contribution < -0.4 is 10.1 Å². The maximum atomic E-state index is 6.03. The molecule has 0 radical (unpaired) electrons. The molecule has 1 N–H and O–H groups in total. The number of hydrogen-bond acceptors (Lipinski definition) is 4. The summed E-state index contributed by atoms with van der Waals surface area (Å²) in [6.07, 6.45) is 0. The molecule has 0 aliphatic carbocycles. The number of nitrogens with zero attached hydrogens (tertiary/aromatic N) is 2. The molecule has 1 heterocycles. The van der Waals surface area contributed by atoms with E-state index < -0.39 is 0 Å². The normalized spacial score (nSPS) is 10.2. The molecular formula is C12H11Cl2N3O. The molecule has 0 saturated carbocycles. The Kier molecular flexibility index (Phi) is 3.89. The SMILES string of the molecule is COc1ccc(Nc2cc(Cl)nc(C)n2)cc1Cl. The van der Waals surface area contributed by atoms with E-state index in [0.717, 1.165) is 5.69 Å². The lowest BCUT2D eigenvalue weighted by Gasteiger charge is -2.09. The predicted octanol–water partition coefficient (Wildman–Crippen LogP) is 3.84. The topological polar surface area (TPSA) is 47.0 Å². The Balaban J connectivity index is 2.25. The zero-order valence-electron chi connectivity index (χ0n) is 9.87. The number of halogens is 2. The van der Waals surface area contributed by atoms with Gasteiger partial charge in [-0.05, 0) is 25.1 Å². The van der Waals surface area contributed by atoms with Gasteiger partial charge in [-0.15, -0.1) is 0 Å². The molecule has 0 spiro atoms. The molecule has 0 aliphatic heterocycles.